The Kier molecular flexibility index (Phi) is 6.17. The molecule has 0 bridgehead atoms. The molecule has 0 fully saturated rings. The maximum atomic E-state index is 11.7. The first-order chi connectivity index (χ1) is 10.6. The van der Waals surface area contributed by atoms with Crippen molar-refractivity contribution in [2.75, 3.05) is 23.9 Å². The van der Waals surface area contributed by atoms with E-state index >= 15 is 0 Å². The van der Waals surface area contributed by atoms with Crippen LogP contribution in [-0.4, -0.2) is 40.7 Å². The maximum absolute atomic E-state index is 11.7. The summed E-state index contributed by atoms with van der Waals surface area (Å²) in [4.78, 5) is 22.6. The van der Waals surface area contributed by atoms with Crippen molar-refractivity contribution < 1.29 is 14.3 Å². The zero-order valence-corrected chi connectivity index (χ0v) is 13.9. The molecule has 0 atom stereocenters. The van der Waals surface area contributed by atoms with E-state index < -0.39 is 0 Å². The Hall–Kier alpha value is -1.64. The number of esters is 1. The highest BCUT2D eigenvalue weighted by molar-refractivity contribution is 8.00. The van der Waals surface area contributed by atoms with E-state index in [1.165, 1.54) is 30.2 Å². The molecular weight excluding hydrogens is 346 g/mol. The van der Waals surface area contributed by atoms with Gasteiger partial charge in [-0.2, -0.15) is 0 Å². The molecule has 2 aromatic rings. The van der Waals surface area contributed by atoms with Crippen molar-refractivity contribution in [3.63, 3.8) is 0 Å². The van der Waals surface area contributed by atoms with Gasteiger partial charge in [-0.15, -0.1) is 22.0 Å². The Morgan fingerprint density at radius 1 is 1.27 bits per heavy atom. The minimum absolute atomic E-state index is 0.135. The number of amides is 1. The first-order valence-corrected chi connectivity index (χ1v) is 8.47. The van der Waals surface area contributed by atoms with Gasteiger partial charge in [-0.3, -0.25) is 14.9 Å². The van der Waals surface area contributed by atoms with Crippen LogP contribution in [0.3, 0.4) is 0 Å². The summed E-state index contributed by atoms with van der Waals surface area (Å²) in [5, 5.41) is 12.3. The summed E-state index contributed by atoms with van der Waals surface area (Å²) in [5.74, 6) is -0.326. The molecule has 1 aromatic carbocycles. The average molecular weight is 358 g/mol. The molecule has 9 heteroatoms. The third-order valence-electron chi connectivity index (χ3n) is 2.44. The Labute approximate surface area is 140 Å². The molecule has 1 aromatic heterocycles. The second-order valence-electron chi connectivity index (χ2n) is 4.04. The number of thioether (sulfide) groups is 1. The van der Waals surface area contributed by atoms with Crippen LogP contribution in [0.5, 0.6) is 0 Å². The van der Waals surface area contributed by atoms with Gasteiger partial charge in [0.05, 0.1) is 18.6 Å². The number of nitrogens with one attached hydrogen (secondary N) is 1. The minimum atomic E-state index is -0.362. The minimum Gasteiger partial charge on any atom is -0.468 e. The standard InChI is InChI=1S/C13H12ClN3O3S2/c1-20-11(19)7-21-6-10(18)15-13-17-16-12(22-13)8-2-4-9(14)5-3-8/h2-5H,6-7H2,1H3,(H,15,17,18). The fourth-order valence-corrected chi connectivity index (χ4v) is 2.96. The van der Waals surface area contributed by atoms with Crippen molar-refractivity contribution in [2.24, 2.45) is 0 Å². The number of carbonyl (C=O) groups is 2. The predicted molar refractivity (Wildman–Crippen MR) is 88.3 cm³/mol. The van der Waals surface area contributed by atoms with Gasteiger partial charge in [-0.1, -0.05) is 35.1 Å². The second-order valence-corrected chi connectivity index (χ2v) is 6.44. The maximum Gasteiger partial charge on any atom is 0.315 e. The van der Waals surface area contributed by atoms with Crippen LogP contribution in [0.4, 0.5) is 5.13 Å². The number of hydrogen-bond acceptors (Lipinski definition) is 7. The molecule has 0 aliphatic rings. The number of methoxy groups -OCH3 is 1. The molecule has 6 nitrogen and oxygen atoms in total. The van der Waals surface area contributed by atoms with E-state index in [1.54, 1.807) is 12.1 Å². The Morgan fingerprint density at radius 3 is 2.68 bits per heavy atom. The summed E-state index contributed by atoms with van der Waals surface area (Å²) >= 11 is 8.27. The van der Waals surface area contributed by atoms with E-state index in [-0.39, 0.29) is 23.4 Å². The molecule has 1 heterocycles. The van der Waals surface area contributed by atoms with Crippen molar-refractivity contribution in [3.8, 4) is 10.6 Å². The first kappa shape index (κ1) is 16.7. The smallest absolute Gasteiger partial charge is 0.315 e. The van der Waals surface area contributed by atoms with Crippen LogP contribution >= 0.6 is 34.7 Å². The van der Waals surface area contributed by atoms with Gasteiger partial charge < -0.3 is 4.74 Å². The topological polar surface area (TPSA) is 81.2 Å². The average Bonchev–Trinajstić information content (AvgIpc) is 2.96. The number of halogens is 1. The molecule has 0 unspecified atom stereocenters. The molecule has 2 rings (SSSR count). The lowest BCUT2D eigenvalue weighted by Crippen LogP contribution is -2.15. The largest absolute Gasteiger partial charge is 0.468 e. The van der Waals surface area contributed by atoms with Gasteiger partial charge in [-0.05, 0) is 12.1 Å². The zero-order valence-electron chi connectivity index (χ0n) is 11.5. The fourth-order valence-electron chi connectivity index (χ4n) is 1.42. The first-order valence-electron chi connectivity index (χ1n) is 6.12. The fraction of sp³-hybridized carbons (Fsp3) is 0.231. The number of aromatic nitrogens is 2. The van der Waals surface area contributed by atoms with Gasteiger partial charge in [0.15, 0.2) is 0 Å². The summed E-state index contributed by atoms with van der Waals surface area (Å²) in [7, 11) is 1.31. The summed E-state index contributed by atoms with van der Waals surface area (Å²) < 4.78 is 4.49. The number of anilines is 1. The van der Waals surface area contributed by atoms with Crippen molar-refractivity contribution in [2.45, 2.75) is 0 Å². The molecule has 0 saturated carbocycles. The van der Waals surface area contributed by atoms with Crippen LogP contribution in [0.1, 0.15) is 0 Å². The molecule has 116 valence electrons. The summed E-state index contributed by atoms with van der Waals surface area (Å²) in [6.07, 6.45) is 0. The summed E-state index contributed by atoms with van der Waals surface area (Å²) in [6, 6.07) is 7.20. The highest BCUT2D eigenvalue weighted by Crippen LogP contribution is 2.27. The third-order valence-corrected chi connectivity index (χ3v) is 4.49. The quantitative estimate of drug-likeness (QED) is 0.800. The van der Waals surface area contributed by atoms with Crippen molar-refractivity contribution in [3.05, 3.63) is 29.3 Å². The van der Waals surface area contributed by atoms with E-state index in [1.807, 2.05) is 12.1 Å². The monoisotopic (exact) mass is 357 g/mol. The van der Waals surface area contributed by atoms with Crippen LogP contribution < -0.4 is 5.32 Å². The number of carbonyl (C=O) groups excluding carboxylic acids is 2. The number of ether oxygens (including phenoxy) is 1. The van der Waals surface area contributed by atoms with E-state index in [4.69, 9.17) is 11.6 Å². The number of hydrogen-bond donors (Lipinski definition) is 1. The van der Waals surface area contributed by atoms with Gasteiger partial charge >= 0.3 is 5.97 Å². The molecule has 0 aliphatic carbocycles. The molecular formula is C13H12ClN3O3S2. The molecule has 1 N–H and O–H groups in total. The number of rotatable bonds is 6. The molecule has 0 spiro atoms. The third kappa shape index (κ3) is 4.97. The van der Waals surface area contributed by atoms with E-state index in [2.05, 4.69) is 20.3 Å². The number of nitrogens with zero attached hydrogens (tertiary/aromatic N) is 2. The second kappa shape index (κ2) is 8.11. The number of benzene rings is 1. The highest BCUT2D eigenvalue weighted by Gasteiger charge is 2.10. The van der Waals surface area contributed by atoms with Gasteiger partial charge in [0.2, 0.25) is 11.0 Å². The SMILES string of the molecule is COC(=O)CSCC(=O)Nc1nnc(-c2ccc(Cl)cc2)s1. The van der Waals surface area contributed by atoms with Gasteiger partial charge in [0, 0.05) is 10.6 Å². The van der Waals surface area contributed by atoms with E-state index in [0.29, 0.717) is 15.2 Å². The molecule has 1 amide bonds. The molecule has 22 heavy (non-hydrogen) atoms. The highest BCUT2D eigenvalue weighted by atomic mass is 35.5. The summed E-state index contributed by atoms with van der Waals surface area (Å²) in [6.45, 7) is 0. The lowest BCUT2D eigenvalue weighted by molar-refractivity contribution is -0.137. The van der Waals surface area contributed by atoms with Crippen molar-refractivity contribution in [1.29, 1.82) is 0 Å². The summed E-state index contributed by atoms with van der Waals surface area (Å²) in [5.41, 5.74) is 0.877. The lowest BCUT2D eigenvalue weighted by Gasteiger charge is -2.00. The molecule has 0 saturated heterocycles. The zero-order chi connectivity index (χ0) is 15.9. The molecule has 0 radical (unpaired) electrons. The molecule has 0 aliphatic heterocycles. The van der Waals surface area contributed by atoms with Crippen LogP contribution in [-0.2, 0) is 14.3 Å². The Bertz CT molecular complexity index is 661. The van der Waals surface area contributed by atoms with E-state index in [9.17, 15) is 9.59 Å². The van der Waals surface area contributed by atoms with Crippen molar-refractivity contribution >= 4 is 51.7 Å². The van der Waals surface area contributed by atoms with Crippen LogP contribution in [0, 0.1) is 0 Å². The Morgan fingerprint density at radius 2 is 2.00 bits per heavy atom. The van der Waals surface area contributed by atoms with Gasteiger partial charge in [0.25, 0.3) is 0 Å². The normalized spacial score (nSPS) is 10.3. The predicted octanol–water partition coefficient (Wildman–Crippen LogP) is 2.70. The van der Waals surface area contributed by atoms with Crippen LogP contribution in [0.2, 0.25) is 5.02 Å². The van der Waals surface area contributed by atoms with Crippen molar-refractivity contribution in [1.82, 2.24) is 10.2 Å². The van der Waals surface area contributed by atoms with Gasteiger partial charge in [0.1, 0.15) is 5.01 Å². The lowest BCUT2D eigenvalue weighted by atomic mass is 10.2. The Balaban J connectivity index is 1.87. The van der Waals surface area contributed by atoms with Crippen LogP contribution in [0.25, 0.3) is 10.6 Å². The van der Waals surface area contributed by atoms with Gasteiger partial charge in [-0.25, -0.2) is 0 Å². The van der Waals surface area contributed by atoms with E-state index in [0.717, 1.165) is 5.56 Å². The van der Waals surface area contributed by atoms with Crippen LogP contribution in [0.15, 0.2) is 24.3 Å².